The summed E-state index contributed by atoms with van der Waals surface area (Å²) in [5.74, 6) is 0.901. The van der Waals surface area contributed by atoms with Crippen LogP contribution < -0.4 is 4.74 Å². The smallest absolute Gasteiger partial charge is 0.413 e. The molecule has 0 spiro atoms. The fourth-order valence-corrected chi connectivity index (χ4v) is 2.69. The van der Waals surface area contributed by atoms with E-state index in [0.717, 1.165) is 18.6 Å². The second kappa shape index (κ2) is 10.8. The van der Waals surface area contributed by atoms with E-state index in [4.69, 9.17) is 9.47 Å². The molecule has 2 aromatic rings. The minimum atomic E-state index is -0.415. The summed E-state index contributed by atoms with van der Waals surface area (Å²) in [4.78, 5) is 28.4. The Kier molecular flexibility index (Phi) is 8.03. The van der Waals surface area contributed by atoms with Gasteiger partial charge < -0.3 is 9.47 Å². The van der Waals surface area contributed by atoms with Crippen molar-refractivity contribution in [3.63, 3.8) is 0 Å². The highest BCUT2D eigenvalue weighted by Crippen LogP contribution is 2.19. The number of benzene rings is 1. The normalized spacial score (nSPS) is 15.6. The van der Waals surface area contributed by atoms with E-state index in [2.05, 4.69) is 4.98 Å². The minimum Gasteiger partial charge on any atom is -0.497 e. The average molecular weight is 368 g/mol. The van der Waals surface area contributed by atoms with Crippen molar-refractivity contribution in [2.24, 2.45) is 0 Å². The molecule has 1 unspecified atom stereocenters. The number of hydrogen-bond donors (Lipinski definition) is 0. The first-order chi connectivity index (χ1) is 13.1. The minimum absolute atomic E-state index is 0.0539. The topological polar surface area (TPSA) is 68.7 Å². The van der Waals surface area contributed by atoms with Crippen LogP contribution in [0, 0.1) is 0 Å². The van der Waals surface area contributed by atoms with Crippen LogP contribution in [0.4, 0.5) is 4.79 Å². The molecule has 142 valence electrons. The lowest BCUT2D eigenvalue weighted by Crippen LogP contribution is -2.40. The van der Waals surface area contributed by atoms with Crippen LogP contribution >= 0.6 is 0 Å². The van der Waals surface area contributed by atoms with Gasteiger partial charge in [-0.05, 0) is 36.6 Å². The summed E-state index contributed by atoms with van der Waals surface area (Å²) in [6.45, 7) is 0. The second-order valence-electron chi connectivity index (χ2n) is 5.93. The van der Waals surface area contributed by atoms with E-state index in [1.54, 1.807) is 31.6 Å². The molecule has 0 saturated carbocycles. The highest BCUT2D eigenvalue weighted by Gasteiger charge is 2.27. The van der Waals surface area contributed by atoms with E-state index in [0.29, 0.717) is 6.42 Å². The zero-order valence-electron chi connectivity index (χ0n) is 15.6. The molecule has 3 rings (SSSR count). The highest BCUT2D eigenvalue weighted by molar-refractivity contribution is 5.92. The van der Waals surface area contributed by atoms with Gasteiger partial charge in [-0.1, -0.05) is 30.3 Å². The summed E-state index contributed by atoms with van der Waals surface area (Å²) in [5, 5.41) is 0. The SMILES string of the molecule is COC(=O)N1C=CC(=O)CC1CCc1ccccc1.COc1ccncc1. The van der Waals surface area contributed by atoms with Crippen LogP contribution in [0.3, 0.4) is 0 Å². The van der Waals surface area contributed by atoms with Gasteiger partial charge in [0.05, 0.1) is 14.2 Å². The number of hydrogen-bond acceptors (Lipinski definition) is 5. The molecule has 1 aromatic heterocycles. The molecule has 1 amide bonds. The van der Waals surface area contributed by atoms with E-state index >= 15 is 0 Å². The molecule has 0 aliphatic carbocycles. The fraction of sp³-hybridized carbons (Fsp3) is 0.286. The van der Waals surface area contributed by atoms with Crippen LogP contribution in [0.15, 0.2) is 67.1 Å². The lowest BCUT2D eigenvalue weighted by atomic mass is 9.98. The third-order valence-electron chi connectivity index (χ3n) is 4.13. The largest absolute Gasteiger partial charge is 0.497 e. The van der Waals surface area contributed by atoms with Gasteiger partial charge in [-0.2, -0.15) is 0 Å². The molecule has 6 nitrogen and oxygen atoms in total. The first kappa shape index (κ1) is 20.2. The Balaban J connectivity index is 0.000000273. The molecule has 1 aromatic carbocycles. The first-order valence-electron chi connectivity index (χ1n) is 8.69. The second-order valence-corrected chi connectivity index (χ2v) is 5.93. The maximum Gasteiger partial charge on any atom is 0.413 e. The van der Waals surface area contributed by atoms with E-state index in [-0.39, 0.29) is 11.8 Å². The number of amides is 1. The summed E-state index contributed by atoms with van der Waals surface area (Å²) in [5.41, 5.74) is 1.20. The van der Waals surface area contributed by atoms with Gasteiger partial charge >= 0.3 is 6.09 Å². The predicted molar refractivity (Wildman–Crippen MR) is 102 cm³/mol. The van der Waals surface area contributed by atoms with Gasteiger partial charge in [0.15, 0.2) is 5.78 Å². The summed E-state index contributed by atoms with van der Waals surface area (Å²) >= 11 is 0. The lowest BCUT2D eigenvalue weighted by Gasteiger charge is -2.29. The fourth-order valence-electron chi connectivity index (χ4n) is 2.69. The third-order valence-corrected chi connectivity index (χ3v) is 4.13. The molecule has 1 aliphatic rings. The highest BCUT2D eigenvalue weighted by atomic mass is 16.5. The maximum absolute atomic E-state index is 11.6. The molecule has 1 aliphatic heterocycles. The molecule has 6 heteroatoms. The summed E-state index contributed by atoms with van der Waals surface area (Å²) < 4.78 is 9.61. The Morgan fingerprint density at radius 1 is 1.15 bits per heavy atom. The molecule has 1 atom stereocenters. The van der Waals surface area contributed by atoms with E-state index in [1.807, 2.05) is 30.3 Å². The Morgan fingerprint density at radius 2 is 1.85 bits per heavy atom. The standard InChI is InChI=1S/C15H17NO3.C6H7NO/c1-19-15(18)16-10-9-14(17)11-13(16)8-7-12-5-3-2-4-6-12;1-8-6-2-4-7-5-3-6/h2-6,9-10,13H,7-8,11H2,1H3;2-5H,1H3. The van der Waals surface area contributed by atoms with Gasteiger partial charge in [0.1, 0.15) is 5.75 Å². The van der Waals surface area contributed by atoms with Gasteiger partial charge in [0.2, 0.25) is 0 Å². The van der Waals surface area contributed by atoms with Gasteiger partial charge in [-0.15, -0.1) is 0 Å². The van der Waals surface area contributed by atoms with E-state index in [9.17, 15) is 9.59 Å². The number of nitrogens with zero attached hydrogens (tertiary/aromatic N) is 2. The number of aromatic nitrogens is 1. The molecular weight excluding hydrogens is 344 g/mol. The Labute approximate surface area is 159 Å². The number of carbonyl (C=O) groups is 2. The zero-order valence-corrected chi connectivity index (χ0v) is 15.6. The number of carbonyl (C=O) groups excluding carboxylic acids is 2. The lowest BCUT2D eigenvalue weighted by molar-refractivity contribution is -0.116. The number of pyridine rings is 1. The van der Waals surface area contributed by atoms with Crippen LogP contribution in [0.1, 0.15) is 18.4 Å². The molecule has 0 N–H and O–H groups in total. The summed E-state index contributed by atoms with van der Waals surface area (Å²) in [7, 11) is 2.98. The first-order valence-corrected chi connectivity index (χ1v) is 8.69. The molecule has 0 radical (unpaired) electrons. The van der Waals surface area contributed by atoms with Crippen molar-refractivity contribution < 1.29 is 19.1 Å². The van der Waals surface area contributed by atoms with Crippen LogP contribution in [0.5, 0.6) is 5.75 Å². The summed E-state index contributed by atoms with van der Waals surface area (Å²) in [6.07, 6.45) is 7.86. The molecule has 27 heavy (non-hydrogen) atoms. The van der Waals surface area contributed by atoms with E-state index < -0.39 is 6.09 Å². The van der Waals surface area contributed by atoms with Crippen molar-refractivity contribution in [3.8, 4) is 5.75 Å². The number of aryl methyl sites for hydroxylation is 1. The number of rotatable bonds is 4. The number of methoxy groups -OCH3 is 2. The number of ketones is 1. The van der Waals surface area contributed by atoms with Gasteiger partial charge in [-0.3, -0.25) is 14.7 Å². The van der Waals surface area contributed by atoms with Crippen LogP contribution in [-0.2, 0) is 16.0 Å². The summed E-state index contributed by atoms with van der Waals surface area (Å²) in [6, 6.07) is 13.5. The molecular formula is C21H24N2O4. The van der Waals surface area contributed by atoms with Crippen molar-refractivity contribution in [1.82, 2.24) is 9.88 Å². The molecule has 0 saturated heterocycles. The van der Waals surface area contributed by atoms with Crippen LogP contribution in [-0.4, -0.2) is 42.0 Å². The van der Waals surface area contributed by atoms with E-state index in [1.165, 1.54) is 29.8 Å². The van der Waals surface area contributed by atoms with Crippen LogP contribution in [0.25, 0.3) is 0 Å². The Bertz CT molecular complexity index is 747. The Morgan fingerprint density at radius 3 is 2.44 bits per heavy atom. The average Bonchev–Trinajstić information content (AvgIpc) is 2.73. The van der Waals surface area contributed by atoms with Crippen molar-refractivity contribution >= 4 is 11.9 Å². The van der Waals surface area contributed by atoms with Gasteiger partial charge in [0, 0.05) is 31.1 Å². The van der Waals surface area contributed by atoms with Crippen molar-refractivity contribution in [1.29, 1.82) is 0 Å². The molecule has 2 heterocycles. The third kappa shape index (κ3) is 6.58. The van der Waals surface area contributed by atoms with Gasteiger partial charge in [0.25, 0.3) is 0 Å². The number of ether oxygens (including phenoxy) is 2. The maximum atomic E-state index is 11.6. The number of allylic oxidation sites excluding steroid dienone is 1. The predicted octanol–water partition coefficient (Wildman–Crippen LogP) is 3.63. The van der Waals surface area contributed by atoms with Gasteiger partial charge in [-0.25, -0.2) is 4.79 Å². The van der Waals surface area contributed by atoms with Crippen molar-refractivity contribution in [3.05, 3.63) is 72.7 Å². The monoisotopic (exact) mass is 368 g/mol. The zero-order chi connectivity index (χ0) is 19.5. The van der Waals surface area contributed by atoms with Crippen molar-refractivity contribution in [2.45, 2.75) is 25.3 Å². The molecule has 0 bridgehead atoms. The van der Waals surface area contributed by atoms with Crippen molar-refractivity contribution in [2.75, 3.05) is 14.2 Å². The molecule has 0 fully saturated rings. The Hall–Kier alpha value is -3.15. The quantitative estimate of drug-likeness (QED) is 0.824. The van der Waals surface area contributed by atoms with Crippen LogP contribution in [0.2, 0.25) is 0 Å².